The molecule has 0 aliphatic carbocycles. The Morgan fingerprint density at radius 1 is 1.22 bits per heavy atom. The third-order valence-electron chi connectivity index (χ3n) is 3.77. The molecule has 0 spiro atoms. The van der Waals surface area contributed by atoms with Gasteiger partial charge in [-0.15, -0.1) is 0 Å². The summed E-state index contributed by atoms with van der Waals surface area (Å²) in [5, 5.41) is 13.8. The summed E-state index contributed by atoms with van der Waals surface area (Å²) in [6.07, 6.45) is 10.2. The second-order valence-corrected chi connectivity index (χ2v) is 5.83. The number of allylic oxidation sites excluding steroid dienone is 3. The lowest BCUT2D eigenvalue weighted by Gasteiger charge is -2.11. The van der Waals surface area contributed by atoms with E-state index in [9.17, 15) is 14.7 Å². The number of carbonyl (C=O) groups excluding carboxylic acids is 2. The normalized spacial score (nSPS) is 19.3. The maximum absolute atomic E-state index is 12.4. The van der Waals surface area contributed by atoms with Crippen molar-refractivity contribution < 1.29 is 29.0 Å². The Balaban J connectivity index is 2.29. The number of carbonyl (C=O) groups is 2. The molecule has 1 aromatic carbocycles. The highest BCUT2D eigenvalue weighted by Gasteiger charge is 2.15. The average molecular weight is 373 g/mol. The second kappa shape index (κ2) is 10.8. The van der Waals surface area contributed by atoms with Gasteiger partial charge in [-0.25, -0.2) is 9.59 Å². The highest BCUT2D eigenvalue weighted by atomic mass is 16.6. The summed E-state index contributed by atoms with van der Waals surface area (Å²) in [4.78, 5) is 28.6. The number of hydrogen-bond donors (Lipinski definition) is 1. The first-order valence-electron chi connectivity index (χ1n) is 8.66. The summed E-state index contributed by atoms with van der Waals surface area (Å²) < 4.78 is 9.80. The van der Waals surface area contributed by atoms with Crippen molar-refractivity contribution in [2.24, 2.45) is 5.16 Å². The van der Waals surface area contributed by atoms with E-state index in [4.69, 9.17) is 9.57 Å². The molecule has 27 heavy (non-hydrogen) atoms. The predicted octanol–water partition coefficient (Wildman–Crippen LogP) is 2.93. The van der Waals surface area contributed by atoms with Gasteiger partial charge >= 0.3 is 11.9 Å². The molecular weight excluding hydrogens is 350 g/mol. The molecule has 0 atom stereocenters. The molecule has 7 heteroatoms. The second-order valence-electron chi connectivity index (χ2n) is 5.83. The van der Waals surface area contributed by atoms with Gasteiger partial charge in [0, 0.05) is 6.42 Å². The smallest absolute Gasteiger partial charge is 0.346 e. The molecule has 0 saturated heterocycles. The highest BCUT2D eigenvalue weighted by molar-refractivity contribution is 5.99. The number of nitrogens with zero attached hydrogens (tertiary/aromatic N) is 1. The van der Waals surface area contributed by atoms with E-state index < -0.39 is 11.9 Å². The Bertz CT molecular complexity index is 751. The monoisotopic (exact) mass is 373 g/mol. The molecule has 1 aromatic rings. The van der Waals surface area contributed by atoms with E-state index in [1.165, 1.54) is 25.3 Å². The molecule has 1 aliphatic heterocycles. The van der Waals surface area contributed by atoms with Crippen LogP contribution in [0.15, 0.2) is 47.7 Å². The van der Waals surface area contributed by atoms with Crippen LogP contribution in [0.4, 0.5) is 0 Å². The zero-order valence-electron chi connectivity index (χ0n) is 15.2. The van der Waals surface area contributed by atoms with Crippen molar-refractivity contribution in [2.45, 2.75) is 25.7 Å². The number of cyclic esters (lactones) is 1. The molecule has 0 aromatic heterocycles. The van der Waals surface area contributed by atoms with Crippen LogP contribution < -0.4 is 0 Å². The van der Waals surface area contributed by atoms with Crippen LogP contribution in [0.2, 0.25) is 0 Å². The molecule has 0 fully saturated rings. The van der Waals surface area contributed by atoms with Crippen molar-refractivity contribution in [3.63, 3.8) is 0 Å². The molecule has 144 valence electrons. The highest BCUT2D eigenvalue weighted by Crippen LogP contribution is 2.19. The molecule has 0 amide bonds. The standard InChI is InChI=1S/C20H23NO6/c1-25-19(23)14-27-21-16-8-6-4-2-3-5-7-11-26-20(24)18-10-9-17(22)13-15(18)12-16/h3,5-6,8-10,13,22H,2,4,7,11-12,14H2,1H3/b5-3+,8-6+,21-16+. The molecule has 1 N–H and O–H groups in total. The number of esters is 2. The van der Waals surface area contributed by atoms with E-state index in [1.807, 2.05) is 18.2 Å². The third kappa shape index (κ3) is 6.97. The molecule has 0 bridgehead atoms. The minimum atomic E-state index is -0.545. The Hall–Kier alpha value is -3.09. The van der Waals surface area contributed by atoms with Gasteiger partial charge in [0.05, 0.1) is 25.0 Å². The van der Waals surface area contributed by atoms with Crippen molar-refractivity contribution in [3.05, 3.63) is 53.6 Å². The number of oxime groups is 1. The number of aromatic hydroxyl groups is 1. The van der Waals surface area contributed by atoms with Crippen LogP contribution in [0.5, 0.6) is 5.75 Å². The molecule has 0 radical (unpaired) electrons. The fourth-order valence-electron chi connectivity index (χ4n) is 2.41. The summed E-state index contributed by atoms with van der Waals surface area (Å²) in [5.41, 5.74) is 1.40. The van der Waals surface area contributed by atoms with Gasteiger partial charge in [0.2, 0.25) is 6.61 Å². The Morgan fingerprint density at radius 2 is 2.00 bits per heavy atom. The number of rotatable bonds is 3. The molecular formula is C20H23NO6. The minimum absolute atomic E-state index is 0.0319. The summed E-state index contributed by atoms with van der Waals surface area (Å²) in [5.74, 6) is -0.977. The SMILES string of the molecule is COC(=O)CO/N=C1\C=C\CC/C=C/CCOC(=O)c2ccc(O)cc2C1. The van der Waals surface area contributed by atoms with E-state index in [0.717, 1.165) is 12.8 Å². The summed E-state index contributed by atoms with van der Waals surface area (Å²) >= 11 is 0. The van der Waals surface area contributed by atoms with Crippen LogP contribution in [0.25, 0.3) is 0 Å². The van der Waals surface area contributed by atoms with Gasteiger partial charge in [-0.2, -0.15) is 0 Å². The maximum atomic E-state index is 12.4. The van der Waals surface area contributed by atoms with Gasteiger partial charge in [0.25, 0.3) is 0 Å². The number of benzene rings is 1. The number of phenols is 1. The number of hydrogen-bond acceptors (Lipinski definition) is 7. The van der Waals surface area contributed by atoms with Gasteiger partial charge in [-0.05, 0) is 49.1 Å². The number of phenolic OH excluding ortho intramolecular Hbond substituents is 1. The van der Waals surface area contributed by atoms with Gasteiger partial charge in [-0.1, -0.05) is 23.4 Å². The molecule has 1 heterocycles. The Kier molecular flexibility index (Phi) is 8.09. The van der Waals surface area contributed by atoms with Gasteiger partial charge in [0.1, 0.15) is 5.75 Å². The quantitative estimate of drug-likeness (QED) is 0.497. The first-order chi connectivity index (χ1) is 13.1. The molecule has 7 nitrogen and oxygen atoms in total. The first-order valence-corrected chi connectivity index (χ1v) is 8.66. The first kappa shape index (κ1) is 20.2. The maximum Gasteiger partial charge on any atom is 0.346 e. The zero-order chi connectivity index (χ0) is 19.5. The van der Waals surface area contributed by atoms with E-state index in [-0.39, 0.29) is 25.4 Å². The molecule has 1 aliphatic rings. The van der Waals surface area contributed by atoms with Crippen molar-refractivity contribution in [2.75, 3.05) is 20.3 Å². The van der Waals surface area contributed by atoms with Crippen LogP contribution in [0.1, 0.15) is 35.2 Å². The van der Waals surface area contributed by atoms with Crippen LogP contribution >= 0.6 is 0 Å². The van der Waals surface area contributed by atoms with Crippen molar-refractivity contribution >= 4 is 17.7 Å². The van der Waals surface area contributed by atoms with Crippen LogP contribution in [0, 0.1) is 0 Å². The molecule has 0 saturated carbocycles. The Labute approximate surface area is 157 Å². The van der Waals surface area contributed by atoms with E-state index in [1.54, 1.807) is 6.08 Å². The van der Waals surface area contributed by atoms with Gasteiger partial charge in [0.15, 0.2) is 0 Å². The average Bonchev–Trinajstić information content (AvgIpc) is 2.65. The third-order valence-corrected chi connectivity index (χ3v) is 3.77. The van der Waals surface area contributed by atoms with Crippen LogP contribution in [0.3, 0.4) is 0 Å². The fraction of sp³-hybridized carbons (Fsp3) is 0.350. The van der Waals surface area contributed by atoms with Crippen molar-refractivity contribution in [1.82, 2.24) is 0 Å². The number of ether oxygens (including phenoxy) is 2. The van der Waals surface area contributed by atoms with Gasteiger partial charge in [-0.3, -0.25) is 0 Å². The molecule has 2 rings (SSSR count). The topological polar surface area (TPSA) is 94.4 Å². The fourth-order valence-corrected chi connectivity index (χ4v) is 2.41. The molecule has 0 unspecified atom stereocenters. The number of methoxy groups -OCH3 is 1. The van der Waals surface area contributed by atoms with E-state index in [0.29, 0.717) is 23.3 Å². The van der Waals surface area contributed by atoms with Crippen LogP contribution in [-0.2, 0) is 25.5 Å². The lowest BCUT2D eigenvalue weighted by molar-refractivity contribution is -0.145. The summed E-state index contributed by atoms with van der Waals surface area (Å²) in [6.45, 7) is -0.0276. The minimum Gasteiger partial charge on any atom is -0.508 e. The van der Waals surface area contributed by atoms with E-state index >= 15 is 0 Å². The van der Waals surface area contributed by atoms with Crippen molar-refractivity contribution in [1.29, 1.82) is 0 Å². The predicted molar refractivity (Wildman–Crippen MR) is 99.6 cm³/mol. The lowest BCUT2D eigenvalue weighted by atomic mass is 10.0. The Morgan fingerprint density at radius 3 is 2.81 bits per heavy atom. The summed E-state index contributed by atoms with van der Waals surface area (Å²) in [7, 11) is 1.26. The van der Waals surface area contributed by atoms with Gasteiger partial charge < -0.3 is 19.4 Å². The zero-order valence-corrected chi connectivity index (χ0v) is 15.2. The number of fused-ring (bicyclic) bond motifs is 1. The summed E-state index contributed by atoms with van der Waals surface area (Å²) in [6, 6.07) is 4.45. The van der Waals surface area contributed by atoms with Crippen molar-refractivity contribution in [3.8, 4) is 5.75 Å². The van der Waals surface area contributed by atoms with Crippen LogP contribution in [-0.4, -0.2) is 43.1 Å². The van der Waals surface area contributed by atoms with E-state index in [2.05, 4.69) is 9.89 Å². The lowest BCUT2D eigenvalue weighted by Crippen LogP contribution is -2.13. The largest absolute Gasteiger partial charge is 0.508 e.